The highest BCUT2D eigenvalue weighted by atomic mass is 32.2. The molecule has 1 aliphatic heterocycles. The lowest BCUT2D eigenvalue weighted by Crippen LogP contribution is -2.43. The van der Waals surface area contributed by atoms with Crippen LogP contribution in [0.4, 0.5) is 13.2 Å². The Bertz CT molecular complexity index is 1120. The van der Waals surface area contributed by atoms with E-state index in [1.54, 1.807) is 6.92 Å². The zero-order valence-corrected chi connectivity index (χ0v) is 19.4. The first-order valence-corrected chi connectivity index (χ1v) is 12.1. The Hall–Kier alpha value is -2.92. The molecule has 1 unspecified atom stereocenters. The Labute approximate surface area is 196 Å². The summed E-state index contributed by atoms with van der Waals surface area (Å²) in [5.74, 6) is -1.14. The van der Waals surface area contributed by atoms with E-state index in [-0.39, 0.29) is 41.3 Å². The van der Waals surface area contributed by atoms with Crippen LogP contribution in [-0.4, -0.2) is 43.9 Å². The molecule has 1 saturated heterocycles. The van der Waals surface area contributed by atoms with Gasteiger partial charge in [-0.15, -0.1) is 13.2 Å². The number of rotatable bonds is 7. The number of amides is 1. The van der Waals surface area contributed by atoms with Crippen LogP contribution in [0, 0.1) is 5.92 Å². The molecule has 0 aromatic heterocycles. The average Bonchev–Trinajstić information content (AvgIpc) is 2.78. The van der Waals surface area contributed by atoms with Gasteiger partial charge in [-0.25, -0.2) is 8.42 Å². The van der Waals surface area contributed by atoms with Crippen molar-refractivity contribution < 1.29 is 35.9 Å². The van der Waals surface area contributed by atoms with Crippen molar-refractivity contribution in [1.29, 1.82) is 0 Å². The second-order valence-corrected chi connectivity index (χ2v) is 10.0. The molecule has 11 heteroatoms. The van der Waals surface area contributed by atoms with Gasteiger partial charge in [0.25, 0.3) is 0 Å². The highest BCUT2D eigenvalue weighted by Gasteiger charge is 2.33. The fourth-order valence-electron chi connectivity index (χ4n) is 3.74. The van der Waals surface area contributed by atoms with Crippen molar-refractivity contribution in [1.82, 2.24) is 9.62 Å². The minimum Gasteiger partial charge on any atom is -0.406 e. The maximum absolute atomic E-state index is 12.9. The van der Waals surface area contributed by atoms with E-state index < -0.39 is 22.4 Å². The normalized spacial score (nSPS) is 16.6. The lowest BCUT2D eigenvalue weighted by atomic mass is 9.96. The topological polar surface area (TPSA) is 92.8 Å². The van der Waals surface area contributed by atoms with Crippen LogP contribution in [-0.2, 0) is 14.8 Å². The number of carbonyl (C=O) groups excluding carboxylic acids is 2. The van der Waals surface area contributed by atoms with Crippen molar-refractivity contribution in [3.05, 3.63) is 59.7 Å². The van der Waals surface area contributed by atoms with Gasteiger partial charge < -0.3 is 10.1 Å². The van der Waals surface area contributed by atoms with Crippen LogP contribution in [0.3, 0.4) is 0 Å². The van der Waals surface area contributed by atoms with Gasteiger partial charge in [0.15, 0.2) is 5.78 Å². The zero-order chi connectivity index (χ0) is 25.1. The van der Waals surface area contributed by atoms with Gasteiger partial charge in [0, 0.05) is 24.6 Å². The Morgan fingerprint density at radius 3 is 2.09 bits per heavy atom. The van der Waals surface area contributed by atoms with Gasteiger partial charge in [0.05, 0.1) is 10.9 Å². The van der Waals surface area contributed by atoms with E-state index in [4.69, 9.17) is 0 Å². The third-order valence-corrected chi connectivity index (χ3v) is 7.61. The molecule has 1 atom stereocenters. The fraction of sp³-hybridized carbons (Fsp3) is 0.391. The molecular formula is C23H25F3N2O5S. The van der Waals surface area contributed by atoms with Crippen LogP contribution >= 0.6 is 0 Å². The molecule has 184 valence electrons. The molecular weight excluding hydrogens is 473 g/mol. The lowest BCUT2D eigenvalue weighted by molar-refractivity contribution is -0.274. The van der Waals surface area contributed by atoms with Crippen molar-refractivity contribution in [2.45, 2.75) is 44.0 Å². The minimum atomic E-state index is -4.78. The average molecular weight is 499 g/mol. The molecule has 34 heavy (non-hydrogen) atoms. The predicted octanol–water partition coefficient (Wildman–Crippen LogP) is 4.07. The Morgan fingerprint density at radius 2 is 1.59 bits per heavy atom. The Kier molecular flexibility index (Phi) is 7.67. The predicted molar refractivity (Wildman–Crippen MR) is 118 cm³/mol. The van der Waals surface area contributed by atoms with E-state index in [1.165, 1.54) is 59.8 Å². The molecule has 1 N–H and O–H groups in total. The van der Waals surface area contributed by atoms with Gasteiger partial charge in [-0.05, 0) is 56.5 Å². The first-order valence-electron chi connectivity index (χ1n) is 10.6. The van der Waals surface area contributed by atoms with Crippen LogP contribution in [0.1, 0.15) is 48.7 Å². The molecule has 1 heterocycles. The number of nitrogens with one attached hydrogen (secondary N) is 1. The van der Waals surface area contributed by atoms with Crippen molar-refractivity contribution in [2.75, 3.05) is 13.1 Å². The van der Waals surface area contributed by atoms with Crippen LogP contribution in [0.15, 0.2) is 53.4 Å². The number of nitrogens with zero attached hydrogens (tertiary/aromatic N) is 1. The fourth-order valence-corrected chi connectivity index (χ4v) is 5.21. The molecule has 2 aromatic rings. The first-order chi connectivity index (χ1) is 15.9. The largest absolute Gasteiger partial charge is 0.573 e. The molecule has 0 saturated carbocycles. The van der Waals surface area contributed by atoms with E-state index in [0.29, 0.717) is 24.0 Å². The SMILES string of the molecule is CC(=O)c1ccc(S(=O)(=O)N2CCC(C(=O)NC(C)c3ccc(OC(F)(F)F)cc3)CC2)cc1. The second kappa shape index (κ2) is 10.1. The molecule has 0 radical (unpaired) electrons. The van der Waals surface area contributed by atoms with E-state index in [9.17, 15) is 31.2 Å². The van der Waals surface area contributed by atoms with Crippen molar-refractivity contribution in [3.8, 4) is 5.75 Å². The number of benzene rings is 2. The number of ether oxygens (including phenoxy) is 1. The van der Waals surface area contributed by atoms with Gasteiger partial charge >= 0.3 is 6.36 Å². The highest BCUT2D eigenvalue weighted by molar-refractivity contribution is 7.89. The molecule has 2 aromatic carbocycles. The molecule has 1 amide bonds. The van der Waals surface area contributed by atoms with Crippen molar-refractivity contribution in [2.24, 2.45) is 5.92 Å². The van der Waals surface area contributed by atoms with Crippen molar-refractivity contribution >= 4 is 21.7 Å². The smallest absolute Gasteiger partial charge is 0.406 e. The van der Waals surface area contributed by atoms with E-state index >= 15 is 0 Å². The van der Waals surface area contributed by atoms with Crippen LogP contribution < -0.4 is 10.1 Å². The number of Topliss-reactive ketones (excluding diaryl/α,β-unsaturated/α-hetero) is 1. The number of carbonyl (C=O) groups is 2. The Morgan fingerprint density at radius 1 is 1.03 bits per heavy atom. The number of sulfonamides is 1. The summed E-state index contributed by atoms with van der Waals surface area (Å²) >= 11 is 0. The zero-order valence-electron chi connectivity index (χ0n) is 18.6. The quantitative estimate of drug-likeness (QED) is 0.581. The maximum atomic E-state index is 12.9. The summed E-state index contributed by atoms with van der Waals surface area (Å²) in [4.78, 5) is 24.2. The number of hydrogen-bond donors (Lipinski definition) is 1. The molecule has 7 nitrogen and oxygen atoms in total. The Balaban J connectivity index is 1.55. The monoisotopic (exact) mass is 498 g/mol. The van der Waals surface area contributed by atoms with E-state index in [0.717, 1.165) is 0 Å². The number of hydrogen-bond acceptors (Lipinski definition) is 5. The minimum absolute atomic E-state index is 0.0898. The van der Waals surface area contributed by atoms with E-state index in [2.05, 4.69) is 10.1 Å². The third-order valence-electron chi connectivity index (χ3n) is 5.70. The second-order valence-electron chi connectivity index (χ2n) is 8.11. The maximum Gasteiger partial charge on any atom is 0.573 e. The van der Waals surface area contributed by atoms with Crippen LogP contribution in [0.25, 0.3) is 0 Å². The molecule has 0 bridgehead atoms. The molecule has 0 aliphatic carbocycles. The van der Waals surface area contributed by atoms with Crippen LogP contribution in [0.5, 0.6) is 5.75 Å². The summed E-state index contributed by atoms with van der Waals surface area (Å²) in [6.45, 7) is 3.46. The summed E-state index contributed by atoms with van der Waals surface area (Å²) in [5.41, 5.74) is 1.03. The molecule has 3 rings (SSSR count). The van der Waals surface area contributed by atoms with Crippen molar-refractivity contribution in [3.63, 3.8) is 0 Å². The number of piperidine rings is 1. The molecule has 1 aliphatic rings. The summed E-state index contributed by atoms with van der Waals surface area (Å²) in [6, 6.07) is 10.5. The summed E-state index contributed by atoms with van der Waals surface area (Å²) in [5, 5.41) is 2.83. The van der Waals surface area contributed by atoms with Crippen LogP contribution in [0.2, 0.25) is 0 Å². The van der Waals surface area contributed by atoms with E-state index in [1.807, 2.05) is 0 Å². The number of ketones is 1. The molecule has 0 spiro atoms. The van der Waals surface area contributed by atoms with Gasteiger partial charge in [0.2, 0.25) is 15.9 Å². The third kappa shape index (κ3) is 6.35. The summed E-state index contributed by atoms with van der Waals surface area (Å²) < 4.78 is 67.8. The highest BCUT2D eigenvalue weighted by Crippen LogP contribution is 2.27. The number of alkyl halides is 3. The first kappa shape index (κ1) is 25.7. The number of halogens is 3. The van der Waals surface area contributed by atoms with Gasteiger partial charge in [-0.1, -0.05) is 24.3 Å². The lowest BCUT2D eigenvalue weighted by Gasteiger charge is -2.31. The summed E-state index contributed by atoms with van der Waals surface area (Å²) in [7, 11) is -3.74. The van der Waals surface area contributed by atoms with Gasteiger partial charge in [-0.2, -0.15) is 4.31 Å². The van der Waals surface area contributed by atoms with Gasteiger partial charge in [0.1, 0.15) is 5.75 Å². The van der Waals surface area contributed by atoms with Gasteiger partial charge in [-0.3, -0.25) is 9.59 Å². The molecule has 1 fully saturated rings. The summed E-state index contributed by atoms with van der Waals surface area (Å²) in [6.07, 6.45) is -4.11. The standard InChI is InChI=1S/C23H25F3N2O5S/c1-15(17-3-7-20(8-4-17)33-23(24,25)26)27-22(30)19-11-13-28(14-12-19)34(31,32)21-9-5-18(6-10-21)16(2)29/h3-10,15,19H,11-14H2,1-2H3,(H,27,30).